The predicted molar refractivity (Wildman–Crippen MR) is 98.6 cm³/mol. The lowest BCUT2D eigenvalue weighted by Crippen LogP contribution is -2.48. The number of carboxylic acids is 1. The third-order valence-electron chi connectivity index (χ3n) is 4.48. The number of H-pyrrole nitrogens is 1. The van der Waals surface area contributed by atoms with Gasteiger partial charge in [-0.3, -0.25) is 14.4 Å². The van der Waals surface area contributed by atoms with Gasteiger partial charge in [-0.2, -0.15) is 0 Å². The number of rotatable bonds is 8. The number of hydrogen-bond donors (Lipinski definition) is 4. The number of carboxylic acid groups (broad SMARTS) is 1. The molecule has 0 saturated carbocycles. The van der Waals surface area contributed by atoms with Crippen molar-refractivity contribution in [3.8, 4) is 0 Å². The van der Waals surface area contributed by atoms with E-state index in [1.54, 1.807) is 26.1 Å². The molecule has 146 valence electrons. The Labute approximate surface area is 156 Å². The number of aliphatic carboxylic acids is 1. The maximum absolute atomic E-state index is 13.3. The molecular weight excluding hydrogens is 353 g/mol. The molecule has 0 radical (unpaired) electrons. The summed E-state index contributed by atoms with van der Waals surface area (Å²) in [6.45, 7) is 4.65. The minimum absolute atomic E-state index is 0.174. The van der Waals surface area contributed by atoms with Gasteiger partial charge in [0.1, 0.15) is 11.9 Å². The zero-order valence-corrected chi connectivity index (χ0v) is 15.6. The van der Waals surface area contributed by atoms with Gasteiger partial charge >= 0.3 is 5.97 Å². The third-order valence-corrected chi connectivity index (χ3v) is 4.48. The highest BCUT2D eigenvalue weighted by Gasteiger charge is 2.27. The molecule has 4 N–H and O–H groups in total. The molecule has 0 spiro atoms. The Balaban J connectivity index is 2.08. The average Bonchev–Trinajstić information content (AvgIpc) is 2.95. The van der Waals surface area contributed by atoms with Crippen LogP contribution >= 0.6 is 0 Å². The van der Waals surface area contributed by atoms with E-state index >= 15 is 0 Å². The summed E-state index contributed by atoms with van der Waals surface area (Å²) in [6, 6.07) is 3.50. The standard InChI is InChI=1S/C19H24FN3O4/c1-11(24)23-16(17(25)21-7-6-19(2,3)18(26)27)8-12-10-22-15-9-13(20)4-5-14(12)15/h4-5,9-10,16,22H,6-8H2,1-3H3,(H,21,25)(H,23,24)(H,26,27). The van der Waals surface area contributed by atoms with Crippen molar-refractivity contribution >= 4 is 28.7 Å². The van der Waals surface area contributed by atoms with Gasteiger partial charge in [0, 0.05) is 37.0 Å². The fourth-order valence-corrected chi connectivity index (χ4v) is 2.73. The van der Waals surface area contributed by atoms with Gasteiger partial charge in [0.25, 0.3) is 0 Å². The highest BCUT2D eigenvalue weighted by atomic mass is 19.1. The Morgan fingerprint density at radius 1 is 1.30 bits per heavy atom. The van der Waals surface area contributed by atoms with Crippen molar-refractivity contribution in [2.45, 2.75) is 39.7 Å². The van der Waals surface area contributed by atoms with Crippen LogP contribution in [0.3, 0.4) is 0 Å². The van der Waals surface area contributed by atoms with Crippen molar-refractivity contribution < 1.29 is 23.9 Å². The van der Waals surface area contributed by atoms with Crippen LogP contribution in [0.2, 0.25) is 0 Å². The van der Waals surface area contributed by atoms with Gasteiger partial charge < -0.3 is 20.7 Å². The van der Waals surface area contributed by atoms with Crippen molar-refractivity contribution in [1.82, 2.24) is 15.6 Å². The molecule has 1 aromatic heterocycles. The van der Waals surface area contributed by atoms with Crippen molar-refractivity contribution in [2.24, 2.45) is 5.41 Å². The molecule has 0 fully saturated rings. The molecule has 1 heterocycles. The molecule has 1 aromatic carbocycles. The Kier molecular flexibility index (Phi) is 6.20. The molecule has 1 atom stereocenters. The van der Waals surface area contributed by atoms with Gasteiger partial charge in [-0.05, 0) is 44.0 Å². The Bertz CT molecular complexity index is 860. The summed E-state index contributed by atoms with van der Waals surface area (Å²) in [4.78, 5) is 38.1. The second-order valence-electron chi connectivity index (χ2n) is 7.19. The highest BCUT2D eigenvalue weighted by molar-refractivity contribution is 5.89. The summed E-state index contributed by atoms with van der Waals surface area (Å²) < 4.78 is 13.3. The molecule has 1 unspecified atom stereocenters. The fourth-order valence-electron chi connectivity index (χ4n) is 2.73. The van der Waals surface area contributed by atoms with Crippen LogP contribution in [0.1, 0.15) is 32.8 Å². The summed E-state index contributed by atoms with van der Waals surface area (Å²) in [6.07, 6.45) is 2.16. The van der Waals surface area contributed by atoms with Crippen molar-refractivity contribution in [3.05, 3.63) is 35.8 Å². The zero-order chi connectivity index (χ0) is 20.2. The maximum atomic E-state index is 13.3. The summed E-state index contributed by atoms with van der Waals surface area (Å²) in [5.41, 5.74) is 0.414. The van der Waals surface area contributed by atoms with Crippen LogP contribution in [-0.2, 0) is 20.8 Å². The van der Waals surface area contributed by atoms with E-state index in [0.29, 0.717) is 5.52 Å². The number of aromatic amines is 1. The first kappa shape index (κ1) is 20.4. The Morgan fingerprint density at radius 3 is 2.63 bits per heavy atom. The lowest BCUT2D eigenvalue weighted by Gasteiger charge is -2.21. The van der Waals surface area contributed by atoms with E-state index in [-0.39, 0.29) is 31.1 Å². The van der Waals surface area contributed by atoms with Gasteiger partial charge in [-0.1, -0.05) is 0 Å². The number of carbonyl (C=O) groups excluding carboxylic acids is 2. The Hall–Kier alpha value is -2.90. The lowest BCUT2D eigenvalue weighted by molar-refractivity contribution is -0.147. The van der Waals surface area contributed by atoms with Crippen LogP contribution in [0.4, 0.5) is 4.39 Å². The van der Waals surface area contributed by atoms with E-state index in [1.165, 1.54) is 19.1 Å². The topological polar surface area (TPSA) is 111 Å². The van der Waals surface area contributed by atoms with E-state index in [0.717, 1.165) is 10.9 Å². The number of aromatic nitrogens is 1. The number of benzene rings is 1. The van der Waals surface area contributed by atoms with Crippen LogP contribution < -0.4 is 10.6 Å². The van der Waals surface area contributed by atoms with E-state index in [2.05, 4.69) is 15.6 Å². The number of carbonyl (C=O) groups is 3. The summed E-state index contributed by atoms with van der Waals surface area (Å²) >= 11 is 0. The summed E-state index contributed by atoms with van der Waals surface area (Å²) in [7, 11) is 0. The van der Waals surface area contributed by atoms with Gasteiger partial charge in [0.15, 0.2) is 0 Å². The van der Waals surface area contributed by atoms with Crippen molar-refractivity contribution in [1.29, 1.82) is 0 Å². The summed E-state index contributed by atoms with van der Waals surface area (Å²) in [5.74, 6) is -2.07. The third kappa shape index (κ3) is 5.29. The molecule has 0 bridgehead atoms. The molecule has 0 aliphatic carbocycles. The SMILES string of the molecule is CC(=O)NC(Cc1c[nH]c2cc(F)ccc12)C(=O)NCCC(C)(C)C(=O)O. The average molecular weight is 377 g/mol. The van der Waals surface area contributed by atoms with Gasteiger partial charge in [0.05, 0.1) is 5.41 Å². The highest BCUT2D eigenvalue weighted by Crippen LogP contribution is 2.21. The second-order valence-corrected chi connectivity index (χ2v) is 7.19. The first-order valence-corrected chi connectivity index (χ1v) is 8.64. The number of hydrogen-bond acceptors (Lipinski definition) is 3. The molecule has 2 amide bonds. The minimum Gasteiger partial charge on any atom is -0.481 e. The molecule has 0 aliphatic heterocycles. The molecule has 27 heavy (non-hydrogen) atoms. The normalized spacial score (nSPS) is 12.6. The molecule has 7 nitrogen and oxygen atoms in total. The second kappa shape index (κ2) is 8.20. The maximum Gasteiger partial charge on any atom is 0.309 e. The van der Waals surface area contributed by atoms with Crippen LogP contribution in [0, 0.1) is 11.2 Å². The Morgan fingerprint density at radius 2 is 2.00 bits per heavy atom. The van der Waals surface area contributed by atoms with Gasteiger partial charge in [0.2, 0.25) is 11.8 Å². The quantitative estimate of drug-likeness (QED) is 0.563. The van der Waals surface area contributed by atoms with E-state index in [9.17, 15) is 18.8 Å². The number of halogens is 1. The smallest absolute Gasteiger partial charge is 0.309 e. The fraction of sp³-hybridized carbons (Fsp3) is 0.421. The zero-order valence-electron chi connectivity index (χ0n) is 15.6. The molecule has 0 aliphatic rings. The summed E-state index contributed by atoms with van der Waals surface area (Å²) in [5, 5.41) is 15.2. The van der Waals surface area contributed by atoms with Crippen LogP contribution in [-0.4, -0.2) is 40.5 Å². The first-order chi connectivity index (χ1) is 12.6. The monoisotopic (exact) mass is 377 g/mol. The number of nitrogens with one attached hydrogen (secondary N) is 3. The van der Waals surface area contributed by atoms with Crippen molar-refractivity contribution in [3.63, 3.8) is 0 Å². The lowest BCUT2D eigenvalue weighted by atomic mass is 9.89. The molecule has 8 heteroatoms. The van der Waals surface area contributed by atoms with Crippen molar-refractivity contribution in [2.75, 3.05) is 6.54 Å². The largest absolute Gasteiger partial charge is 0.481 e. The van der Waals surface area contributed by atoms with Crippen LogP contribution in [0.5, 0.6) is 0 Å². The molecule has 0 saturated heterocycles. The first-order valence-electron chi connectivity index (χ1n) is 8.64. The number of fused-ring (bicyclic) bond motifs is 1. The van der Waals surface area contributed by atoms with Crippen LogP contribution in [0.15, 0.2) is 24.4 Å². The predicted octanol–water partition coefficient (Wildman–Crippen LogP) is 1.97. The molecular formula is C19H24FN3O4. The van der Waals surface area contributed by atoms with E-state index < -0.39 is 23.3 Å². The minimum atomic E-state index is -0.961. The molecule has 2 aromatic rings. The van der Waals surface area contributed by atoms with Crippen LogP contribution in [0.25, 0.3) is 10.9 Å². The van der Waals surface area contributed by atoms with Gasteiger partial charge in [-0.15, -0.1) is 0 Å². The van der Waals surface area contributed by atoms with E-state index in [1.807, 2.05) is 0 Å². The molecule has 2 rings (SSSR count). The number of amides is 2. The van der Waals surface area contributed by atoms with Gasteiger partial charge in [-0.25, -0.2) is 4.39 Å². The van der Waals surface area contributed by atoms with E-state index in [4.69, 9.17) is 5.11 Å².